The standard InChI is InChI=1S/C24H20O6S/c1-3-28-21-7-5-4-6-17(21)14-23-24(25)20-13-10-18(15-22(20)29-23)30-31(26,27)19-11-8-16(2)9-12-19/h4-15H,3H2,1-2H3. The molecular formula is C24H20O6S. The average Bonchev–Trinajstić information content (AvgIpc) is 3.04. The lowest BCUT2D eigenvalue weighted by Gasteiger charge is -2.08. The second-order valence-corrected chi connectivity index (χ2v) is 8.47. The largest absolute Gasteiger partial charge is 0.493 e. The van der Waals surface area contributed by atoms with E-state index in [1.807, 2.05) is 38.1 Å². The summed E-state index contributed by atoms with van der Waals surface area (Å²) in [6, 6.07) is 18.0. The zero-order chi connectivity index (χ0) is 22.0. The molecule has 0 atom stereocenters. The first-order valence-electron chi connectivity index (χ1n) is 9.68. The van der Waals surface area contributed by atoms with Crippen LogP contribution in [0.25, 0.3) is 6.08 Å². The number of hydrogen-bond donors (Lipinski definition) is 0. The molecular weight excluding hydrogens is 416 g/mol. The fourth-order valence-corrected chi connectivity index (χ4v) is 4.05. The van der Waals surface area contributed by atoms with Crippen molar-refractivity contribution in [2.45, 2.75) is 18.7 Å². The van der Waals surface area contributed by atoms with Crippen molar-refractivity contribution in [3.8, 4) is 17.2 Å². The first-order valence-corrected chi connectivity index (χ1v) is 11.1. The van der Waals surface area contributed by atoms with E-state index < -0.39 is 10.1 Å². The molecule has 0 radical (unpaired) electrons. The van der Waals surface area contributed by atoms with Gasteiger partial charge in [-0.2, -0.15) is 8.42 Å². The third-order valence-corrected chi connectivity index (χ3v) is 5.92. The highest BCUT2D eigenvalue weighted by molar-refractivity contribution is 7.87. The van der Waals surface area contributed by atoms with E-state index in [9.17, 15) is 13.2 Å². The van der Waals surface area contributed by atoms with Crippen LogP contribution in [0.2, 0.25) is 0 Å². The number of Topliss-reactive ketones (excluding diaryl/α,β-unsaturated/α-hetero) is 1. The summed E-state index contributed by atoms with van der Waals surface area (Å²) in [6.45, 7) is 4.23. The lowest BCUT2D eigenvalue weighted by Crippen LogP contribution is -2.09. The van der Waals surface area contributed by atoms with Gasteiger partial charge in [-0.1, -0.05) is 35.9 Å². The van der Waals surface area contributed by atoms with Crippen molar-refractivity contribution in [1.29, 1.82) is 0 Å². The first-order chi connectivity index (χ1) is 14.9. The van der Waals surface area contributed by atoms with Crippen molar-refractivity contribution < 1.29 is 26.9 Å². The molecule has 158 valence electrons. The molecule has 31 heavy (non-hydrogen) atoms. The normalized spacial score (nSPS) is 14.3. The molecule has 0 saturated heterocycles. The van der Waals surface area contributed by atoms with Gasteiger partial charge in [-0.05, 0) is 50.3 Å². The predicted molar refractivity (Wildman–Crippen MR) is 116 cm³/mol. The number of para-hydroxylation sites is 1. The number of ether oxygens (including phenoxy) is 2. The Morgan fingerprint density at radius 3 is 2.48 bits per heavy atom. The van der Waals surface area contributed by atoms with Crippen molar-refractivity contribution in [3.63, 3.8) is 0 Å². The molecule has 0 saturated carbocycles. The van der Waals surface area contributed by atoms with Gasteiger partial charge in [0.05, 0.1) is 12.2 Å². The molecule has 4 rings (SSSR count). The van der Waals surface area contributed by atoms with Crippen LogP contribution < -0.4 is 13.7 Å². The van der Waals surface area contributed by atoms with Gasteiger partial charge in [-0.25, -0.2) is 0 Å². The van der Waals surface area contributed by atoms with Gasteiger partial charge in [0.25, 0.3) is 0 Å². The quantitative estimate of drug-likeness (QED) is 0.409. The van der Waals surface area contributed by atoms with Gasteiger partial charge < -0.3 is 13.7 Å². The van der Waals surface area contributed by atoms with Gasteiger partial charge in [0, 0.05) is 11.6 Å². The molecule has 6 nitrogen and oxygen atoms in total. The number of hydrogen-bond acceptors (Lipinski definition) is 6. The molecule has 0 N–H and O–H groups in total. The minimum atomic E-state index is -4.01. The Hall–Kier alpha value is -3.58. The van der Waals surface area contributed by atoms with Crippen LogP contribution in [0.3, 0.4) is 0 Å². The summed E-state index contributed by atoms with van der Waals surface area (Å²) in [5.74, 6) is 0.762. The third-order valence-electron chi connectivity index (χ3n) is 4.66. The number of carbonyl (C=O) groups excluding carboxylic acids is 1. The Labute approximate surface area is 180 Å². The summed E-state index contributed by atoms with van der Waals surface area (Å²) in [5.41, 5.74) is 1.98. The highest BCUT2D eigenvalue weighted by Crippen LogP contribution is 2.36. The lowest BCUT2D eigenvalue weighted by atomic mass is 10.1. The SMILES string of the molecule is CCOc1ccccc1C=C1Oc2cc(OS(=O)(=O)c3ccc(C)cc3)ccc2C1=O. The number of ketones is 1. The van der Waals surface area contributed by atoms with Crippen molar-refractivity contribution in [3.05, 3.63) is 89.2 Å². The molecule has 3 aromatic rings. The van der Waals surface area contributed by atoms with Crippen molar-refractivity contribution in [2.75, 3.05) is 6.61 Å². The molecule has 0 aliphatic carbocycles. The second-order valence-electron chi connectivity index (χ2n) is 6.92. The zero-order valence-electron chi connectivity index (χ0n) is 17.0. The Balaban J connectivity index is 1.60. The van der Waals surface area contributed by atoms with E-state index >= 15 is 0 Å². The van der Waals surface area contributed by atoms with Gasteiger partial charge in [-0.15, -0.1) is 0 Å². The van der Waals surface area contributed by atoms with E-state index in [-0.39, 0.29) is 27.9 Å². The van der Waals surface area contributed by atoms with E-state index in [1.165, 1.54) is 30.3 Å². The number of aryl methyl sites for hydroxylation is 1. The molecule has 1 heterocycles. The number of benzene rings is 3. The van der Waals surface area contributed by atoms with Crippen molar-refractivity contribution in [2.24, 2.45) is 0 Å². The number of carbonyl (C=O) groups is 1. The summed E-state index contributed by atoms with van der Waals surface area (Å²) < 4.78 is 41.6. The highest BCUT2D eigenvalue weighted by atomic mass is 32.2. The molecule has 0 spiro atoms. The topological polar surface area (TPSA) is 78.9 Å². The maximum absolute atomic E-state index is 12.7. The molecule has 1 aliphatic heterocycles. The molecule has 0 unspecified atom stereocenters. The number of allylic oxidation sites excluding steroid dienone is 1. The monoisotopic (exact) mass is 436 g/mol. The van der Waals surface area contributed by atoms with E-state index in [0.717, 1.165) is 5.56 Å². The van der Waals surface area contributed by atoms with Gasteiger partial charge >= 0.3 is 10.1 Å². The van der Waals surface area contributed by atoms with Crippen LogP contribution in [0.4, 0.5) is 0 Å². The maximum Gasteiger partial charge on any atom is 0.339 e. The van der Waals surface area contributed by atoms with Crippen LogP contribution in [0.15, 0.2) is 77.4 Å². The van der Waals surface area contributed by atoms with Gasteiger partial charge in [0.15, 0.2) is 5.76 Å². The Bertz CT molecular complexity index is 1270. The molecule has 3 aromatic carbocycles. The average molecular weight is 436 g/mol. The molecule has 0 fully saturated rings. The second kappa shape index (κ2) is 8.28. The fourth-order valence-electron chi connectivity index (χ4n) is 3.13. The number of rotatable bonds is 6. The summed E-state index contributed by atoms with van der Waals surface area (Å²) in [7, 11) is -4.01. The number of fused-ring (bicyclic) bond motifs is 1. The molecule has 1 aliphatic rings. The maximum atomic E-state index is 12.7. The molecule has 7 heteroatoms. The van der Waals surface area contributed by atoms with Gasteiger partial charge in [0.2, 0.25) is 5.78 Å². The van der Waals surface area contributed by atoms with E-state index in [4.69, 9.17) is 13.7 Å². The smallest absolute Gasteiger partial charge is 0.339 e. The van der Waals surface area contributed by atoms with E-state index in [1.54, 1.807) is 18.2 Å². The van der Waals surface area contributed by atoms with Crippen LogP contribution in [-0.4, -0.2) is 20.8 Å². The Morgan fingerprint density at radius 2 is 1.74 bits per heavy atom. The minimum absolute atomic E-state index is 0.0451. The predicted octanol–water partition coefficient (Wildman–Crippen LogP) is 4.78. The van der Waals surface area contributed by atoms with Crippen LogP contribution in [0.5, 0.6) is 17.2 Å². The fraction of sp³-hybridized carbons (Fsp3) is 0.125. The van der Waals surface area contributed by atoms with E-state index in [2.05, 4.69) is 0 Å². The van der Waals surface area contributed by atoms with Crippen LogP contribution in [-0.2, 0) is 10.1 Å². The van der Waals surface area contributed by atoms with Crippen LogP contribution in [0, 0.1) is 6.92 Å². The van der Waals surface area contributed by atoms with E-state index in [0.29, 0.717) is 23.5 Å². The minimum Gasteiger partial charge on any atom is -0.493 e. The molecule has 0 bridgehead atoms. The van der Waals surface area contributed by atoms with Crippen molar-refractivity contribution >= 4 is 22.0 Å². The summed E-state index contributed by atoms with van der Waals surface area (Å²) >= 11 is 0. The highest BCUT2D eigenvalue weighted by Gasteiger charge is 2.29. The molecule has 0 aromatic heterocycles. The first kappa shape index (κ1) is 20.7. The zero-order valence-corrected chi connectivity index (χ0v) is 17.8. The third kappa shape index (κ3) is 4.32. The summed E-state index contributed by atoms with van der Waals surface area (Å²) in [5, 5.41) is 0. The van der Waals surface area contributed by atoms with Crippen LogP contribution >= 0.6 is 0 Å². The summed E-state index contributed by atoms with van der Waals surface area (Å²) in [6.07, 6.45) is 1.61. The van der Waals surface area contributed by atoms with Crippen LogP contribution in [0.1, 0.15) is 28.4 Å². The lowest BCUT2D eigenvalue weighted by molar-refractivity contribution is 0.101. The Kier molecular flexibility index (Phi) is 5.52. The van der Waals surface area contributed by atoms with Gasteiger partial charge in [-0.3, -0.25) is 4.79 Å². The molecule has 0 amide bonds. The van der Waals surface area contributed by atoms with Crippen molar-refractivity contribution in [1.82, 2.24) is 0 Å². The summed E-state index contributed by atoms with van der Waals surface area (Å²) in [4.78, 5) is 12.8. The Morgan fingerprint density at radius 1 is 1.00 bits per heavy atom. The van der Waals surface area contributed by atoms with Gasteiger partial charge in [0.1, 0.15) is 22.1 Å².